The van der Waals surface area contributed by atoms with Crippen molar-refractivity contribution >= 4 is 0 Å². The zero-order valence-electron chi connectivity index (χ0n) is 9.08. The van der Waals surface area contributed by atoms with Gasteiger partial charge in [-0.2, -0.15) is 0 Å². The van der Waals surface area contributed by atoms with E-state index >= 15 is 0 Å². The molecule has 82 valence electrons. The lowest BCUT2D eigenvalue weighted by atomic mass is 10.1. The Bertz CT molecular complexity index is 305. The van der Waals surface area contributed by atoms with Crippen molar-refractivity contribution in [1.82, 2.24) is 5.32 Å². The molecule has 1 aliphatic rings. The zero-order valence-corrected chi connectivity index (χ0v) is 9.08. The monoisotopic (exact) mass is 205 g/mol. The lowest BCUT2D eigenvalue weighted by molar-refractivity contribution is 0.454. The van der Waals surface area contributed by atoms with Gasteiger partial charge in [0, 0.05) is 12.1 Å². The molecule has 1 aromatic rings. The summed E-state index contributed by atoms with van der Waals surface area (Å²) in [7, 11) is 0. The summed E-state index contributed by atoms with van der Waals surface area (Å²) >= 11 is 0. The predicted molar refractivity (Wildman–Crippen MR) is 61.8 cm³/mol. The van der Waals surface area contributed by atoms with Gasteiger partial charge in [0.2, 0.25) is 0 Å². The van der Waals surface area contributed by atoms with Crippen molar-refractivity contribution in [1.29, 1.82) is 0 Å². The van der Waals surface area contributed by atoms with Crippen molar-refractivity contribution in [2.75, 3.05) is 6.54 Å². The minimum absolute atomic E-state index is 0.399. The predicted octanol–water partition coefficient (Wildman–Crippen LogP) is 2.67. The molecule has 0 unspecified atom stereocenters. The summed E-state index contributed by atoms with van der Waals surface area (Å²) in [5.41, 5.74) is 0.996. The fourth-order valence-corrected chi connectivity index (χ4v) is 2.29. The Hall–Kier alpha value is -1.02. The summed E-state index contributed by atoms with van der Waals surface area (Å²) in [6.45, 7) is 1.87. The van der Waals surface area contributed by atoms with Crippen molar-refractivity contribution in [3.05, 3.63) is 29.8 Å². The van der Waals surface area contributed by atoms with Gasteiger partial charge in [-0.1, -0.05) is 31.0 Å². The number of para-hydroxylation sites is 1. The molecule has 0 aromatic heterocycles. The van der Waals surface area contributed by atoms with Crippen LogP contribution in [0.3, 0.4) is 0 Å². The van der Waals surface area contributed by atoms with E-state index in [-0.39, 0.29) is 0 Å². The van der Waals surface area contributed by atoms with Gasteiger partial charge in [0.25, 0.3) is 0 Å². The Morgan fingerprint density at radius 1 is 1.20 bits per heavy atom. The van der Waals surface area contributed by atoms with Crippen LogP contribution in [-0.2, 0) is 6.54 Å². The molecule has 1 saturated carbocycles. The second-order valence-corrected chi connectivity index (χ2v) is 4.41. The molecule has 2 N–H and O–H groups in total. The summed E-state index contributed by atoms with van der Waals surface area (Å²) in [4.78, 5) is 0. The zero-order chi connectivity index (χ0) is 10.5. The maximum Gasteiger partial charge on any atom is 0.120 e. The van der Waals surface area contributed by atoms with Crippen LogP contribution in [0.1, 0.15) is 31.2 Å². The lowest BCUT2D eigenvalue weighted by Gasteiger charge is -2.11. The molecule has 0 amide bonds. The van der Waals surface area contributed by atoms with Crippen molar-refractivity contribution < 1.29 is 5.11 Å². The normalized spacial score (nSPS) is 17.1. The van der Waals surface area contributed by atoms with Gasteiger partial charge in [0.1, 0.15) is 5.75 Å². The summed E-state index contributed by atoms with van der Waals surface area (Å²) in [6, 6.07) is 7.53. The third kappa shape index (κ3) is 2.96. The highest BCUT2D eigenvalue weighted by atomic mass is 16.3. The number of hydrogen-bond acceptors (Lipinski definition) is 2. The first-order valence-electron chi connectivity index (χ1n) is 5.84. The van der Waals surface area contributed by atoms with Crippen LogP contribution in [0, 0.1) is 5.92 Å². The minimum Gasteiger partial charge on any atom is -0.508 e. The number of aromatic hydroxyl groups is 1. The Morgan fingerprint density at radius 2 is 1.93 bits per heavy atom. The molecule has 2 heteroatoms. The van der Waals surface area contributed by atoms with Crippen LogP contribution in [0.2, 0.25) is 0 Å². The van der Waals surface area contributed by atoms with Gasteiger partial charge in [-0.3, -0.25) is 0 Å². The average Bonchev–Trinajstić information content (AvgIpc) is 2.74. The molecule has 1 fully saturated rings. The SMILES string of the molecule is Oc1ccccc1CNCC1CCCC1. The van der Waals surface area contributed by atoms with Gasteiger partial charge in [-0.25, -0.2) is 0 Å². The van der Waals surface area contributed by atoms with Gasteiger partial charge < -0.3 is 10.4 Å². The molecule has 0 spiro atoms. The molecule has 0 radical (unpaired) electrons. The third-order valence-corrected chi connectivity index (χ3v) is 3.21. The van der Waals surface area contributed by atoms with Crippen molar-refractivity contribution in [3.8, 4) is 5.75 Å². The molecule has 2 rings (SSSR count). The first kappa shape index (κ1) is 10.5. The van der Waals surface area contributed by atoms with Crippen molar-refractivity contribution in [3.63, 3.8) is 0 Å². The van der Waals surface area contributed by atoms with Crippen LogP contribution in [0.15, 0.2) is 24.3 Å². The number of hydrogen-bond donors (Lipinski definition) is 2. The third-order valence-electron chi connectivity index (χ3n) is 3.21. The second kappa shape index (κ2) is 5.17. The van der Waals surface area contributed by atoms with E-state index in [9.17, 15) is 5.11 Å². The number of phenols is 1. The van der Waals surface area contributed by atoms with Crippen LogP contribution >= 0.6 is 0 Å². The van der Waals surface area contributed by atoms with Crippen LogP contribution in [-0.4, -0.2) is 11.7 Å². The summed E-state index contributed by atoms with van der Waals surface area (Å²) in [6.07, 6.45) is 5.52. The smallest absolute Gasteiger partial charge is 0.120 e. The molecule has 0 atom stereocenters. The molecule has 1 aromatic carbocycles. The molecular weight excluding hydrogens is 186 g/mol. The van der Waals surface area contributed by atoms with Gasteiger partial charge in [0.15, 0.2) is 0 Å². The summed E-state index contributed by atoms with van der Waals surface area (Å²) in [5.74, 6) is 1.26. The molecule has 2 nitrogen and oxygen atoms in total. The number of phenolic OH excluding ortho intramolecular Hbond substituents is 1. The lowest BCUT2D eigenvalue weighted by Crippen LogP contribution is -2.20. The molecule has 0 saturated heterocycles. The molecule has 1 aliphatic carbocycles. The molecule has 15 heavy (non-hydrogen) atoms. The second-order valence-electron chi connectivity index (χ2n) is 4.41. The van der Waals surface area contributed by atoms with Crippen molar-refractivity contribution in [2.45, 2.75) is 32.2 Å². The average molecular weight is 205 g/mol. The largest absolute Gasteiger partial charge is 0.508 e. The Kier molecular flexibility index (Phi) is 3.62. The van der Waals surface area contributed by atoms with E-state index < -0.39 is 0 Å². The quantitative estimate of drug-likeness (QED) is 0.792. The fraction of sp³-hybridized carbons (Fsp3) is 0.538. The molecular formula is C13H19NO. The van der Waals surface area contributed by atoms with Gasteiger partial charge in [-0.05, 0) is 31.4 Å². The van der Waals surface area contributed by atoms with E-state index in [1.165, 1.54) is 25.7 Å². The summed E-state index contributed by atoms with van der Waals surface area (Å²) in [5, 5.41) is 13.0. The van der Waals surface area contributed by atoms with E-state index in [0.717, 1.165) is 24.6 Å². The Morgan fingerprint density at radius 3 is 2.67 bits per heavy atom. The number of rotatable bonds is 4. The Balaban J connectivity index is 1.75. The fourth-order valence-electron chi connectivity index (χ4n) is 2.29. The molecule has 0 aliphatic heterocycles. The van der Waals surface area contributed by atoms with Crippen LogP contribution < -0.4 is 5.32 Å². The topological polar surface area (TPSA) is 32.3 Å². The molecule has 0 bridgehead atoms. The van der Waals surface area contributed by atoms with E-state index in [1.54, 1.807) is 6.07 Å². The standard InChI is InChI=1S/C13H19NO/c15-13-8-4-3-7-12(13)10-14-9-11-5-1-2-6-11/h3-4,7-8,11,14-15H,1-2,5-6,9-10H2. The van der Waals surface area contributed by atoms with E-state index in [4.69, 9.17) is 0 Å². The van der Waals surface area contributed by atoms with E-state index in [2.05, 4.69) is 5.32 Å². The van der Waals surface area contributed by atoms with Crippen LogP contribution in [0.25, 0.3) is 0 Å². The summed E-state index contributed by atoms with van der Waals surface area (Å²) < 4.78 is 0. The van der Waals surface area contributed by atoms with Gasteiger partial charge in [-0.15, -0.1) is 0 Å². The number of benzene rings is 1. The maximum absolute atomic E-state index is 9.56. The maximum atomic E-state index is 9.56. The number of nitrogens with one attached hydrogen (secondary N) is 1. The van der Waals surface area contributed by atoms with Crippen molar-refractivity contribution in [2.24, 2.45) is 5.92 Å². The Labute approximate surface area is 91.3 Å². The highest BCUT2D eigenvalue weighted by Crippen LogP contribution is 2.24. The van der Waals surface area contributed by atoms with Gasteiger partial charge in [0.05, 0.1) is 0 Å². The van der Waals surface area contributed by atoms with Crippen LogP contribution in [0.5, 0.6) is 5.75 Å². The van der Waals surface area contributed by atoms with E-state index in [1.807, 2.05) is 18.2 Å². The first-order valence-corrected chi connectivity index (χ1v) is 5.84. The van der Waals surface area contributed by atoms with E-state index in [0.29, 0.717) is 5.75 Å². The highest BCUT2D eigenvalue weighted by molar-refractivity contribution is 5.31. The molecule has 0 heterocycles. The highest BCUT2D eigenvalue weighted by Gasteiger charge is 2.14. The first-order chi connectivity index (χ1) is 7.36. The minimum atomic E-state index is 0.399. The van der Waals surface area contributed by atoms with Gasteiger partial charge >= 0.3 is 0 Å². The van der Waals surface area contributed by atoms with Crippen LogP contribution in [0.4, 0.5) is 0 Å².